The van der Waals surface area contributed by atoms with E-state index in [4.69, 9.17) is 11.6 Å². The number of ketones is 1. The number of benzene rings is 1. The van der Waals surface area contributed by atoms with Gasteiger partial charge in [0.15, 0.2) is 5.78 Å². The van der Waals surface area contributed by atoms with E-state index in [1.54, 1.807) is 6.07 Å². The third kappa shape index (κ3) is 2.85. The van der Waals surface area contributed by atoms with Gasteiger partial charge in [-0.2, -0.15) is 0 Å². The van der Waals surface area contributed by atoms with Gasteiger partial charge in [-0.1, -0.05) is 11.6 Å². The average Bonchev–Trinajstić information content (AvgIpc) is 2.33. The van der Waals surface area contributed by atoms with E-state index in [1.807, 2.05) is 0 Å². The summed E-state index contributed by atoms with van der Waals surface area (Å²) >= 11 is 5.71. The number of halogens is 2. The summed E-state index contributed by atoms with van der Waals surface area (Å²) in [6.45, 7) is 0. The van der Waals surface area contributed by atoms with E-state index in [9.17, 15) is 9.18 Å². The van der Waals surface area contributed by atoms with Gasteiger partial charge in [0.05, 0.1) is 12.0 Å². The van der Waals surface area contributed by atoms with Crippen LogP contribution in [0, 0.1) is 5.82 Å². The quantitative estimate of drug-likeness (QED) is 0.787. The maximum atomic E-state index is 13.4. The number of rotatable bonds is 3. The Kier molecular flexibility index (Phi) is 3.44. The van der Waals surface area contributed by atoms with Gasteiger partial charge in [0.25, 0.3) is 0 Å². The van der Waals surface area contributed by atoms with Crippen LogP contribution < -0.4 is 0 Å². The third-order valence-electron chi connectivity index (χ3n) is 2.17. The molecule has 5 heteroatoms. The topological polar surface area (TPSA) is 42.9 Å². The van der Waals surface area contributed by atoms with Gasteiger partial charge in [-0.25, -0.2) is 14.4 Å². The van der Waals surface area contributed by atoms with Crippen LogP contribution in [0.25, 0.3) is 0 Å². The molecule has 1 aromatic heterocycles. The Bertz CT molecular complexity index is 545. The minimum Gasteiger partial charge on any atom is -0.294 e. The van der Waals surface area contributed by atoms with Crippen molar-refractivity contribution in [2.24, 2.45) is 0 Å². The molecular formula is C12H8ClFN2O. The zero-order valence-electron chi connectivity index (χ0n) is 8.73. The molecule has 0 spiro atoms. The summed E-state index contributed by atoms with van der Waals surface area (Å²) in [7, 11) is 0. The molecule has 2 aromatic rings. The Morgan fingerprint density at radius 2 is 2.00 bits per heavy atom. The summed E-state index contributed by atoms with van der Waals surface area (Å²) in [4.78, 5) is 19.6. The number of nitrogens with zero attached hydrogens (tertiary/aromatic N) is 2. The molecular weight excluding hydrogens is 243 g/mol. The van der Waals surface area contributed by atoms with Crippen LogP contribution in [0.3, 0.4) is 0 Å². The lowest BCUT2D eigenvalue weighted by Gasteiger charge is -2.02. The van der Waals surface area contributed by atoms with Gasteiger partial charge in [-0.05, 0) is 24.3 Å². The summed E-state index contributed by atoms with van der Waals surface area (Å²) < 4.78 is 13.4. The molecule has 0 radical (unpaired) electrons. The zero-order chi connectivity index (χ0) is 12.3. The molecule has 0 bridgehead atoms. The summed E-state index contributed by atoms with van der Waals surface area (Å²) in [5, 5.41) is 0.323. The smallest absolute Gasteiger partial charge is 0.173 e. The van der Waals surface area contributed by atoms with Crippen molar-refractivity contribution >= 4 is 17.4 Å². The first-order valence-corrected chi connectivity index (χ1v) is 5.29. The lowest BCUT2D eigenvalue weighted by atomic mass is 10.1. The number of carbonyl (C=O) groups excluding carboxylic acids is 1. The molecule has 0 saturated heterocycles. The lowest BCUT2D eigenvalue weighted by molar-refractivity contribution is 0.0987. The maximum Gasteiger partial charge on any atom is 0.173 e. The third-order valence-corrected chi connectivity index (χ3v) is 2.40. The summed E-state index contributed by atoms with van der Waals surface area (Å²) in [5.41, 5.74) is -0.0371. The highest BCUT2D eigenvalue weighted by molar-refractivity contribution is 6.31. The number of hydrogen-bond acceptors (Lipinski definition) is 3. The van der Waals surface area contributed by atoms with Crippen molar-refractivity contribution in [3.05, 3.63) is 58.9 Å². The second-order valence-corrected chi connectivity index (χ2v) is 3.83. The Balaban J connectivity index is 2.23. The Morgan fingerprint density at radius 3 is 2.71 bits per heavy atom. The van der Waals surface area contributed by atoms with Gasteiger partial charge >= 0.3 is 0 Å². The van der Waals surface area contributed by atoms with Crippen LogP contribution in [-0.2, 0) is 6.42 Å². The van der Waals surface area contributed by atoms with Crippen molar-refractivity contribution in [1.29, 1.82) is 0 Å². The van der Waals surface area contributed by atoms with Gasteiger partial charge in [0.1, 0.15) is 11.6 Å². The first-order valence-electron chi connectivity index (χ1n) is 4.91. The molecule has 0 amide bonds. The van der Waals surface area contributed by atoms with E-state index in [1.165, 1.54) is 30.6 Å². The zero-order valence-corrected chi connectivity index (χ0v) is 9.49. The van der Waals surface area contributed by atoms with Crippen LogP contribution in [0.4, 0.5) is 4.39 Å². The number of hydrogen-bond donors (Lipinski definition) is 0. The van der Waals surface area contributed by atoms with Crippen molar-refractivity contribution in [3.63, 3.8) is 0 Å². The second kappa shape index (κ2) is 5.01. The molecule has 86 valence electrons. The Morgan fingerprint density at radius 1 is 1.29 bits per heavy atom. The fourth-order valence-corrected chi connectivity index (χ4v) is 1.54. The van der Waals surface area contributed by atoms with E-state index in [0.29, 0.717) is 10.8 Å². The molecule has 0 aliphatic rings. The standard InChI is InChI=1S/C12H8ClFN2O/c13-8-2-3-10(14)9(6-8)11(17)7-12-15-4-1-5-16-12/h1-6H,7H2. The monoisotopic (exact) mass is 250 g/mol. The van der Waals surface area contributed by atoms with Crippen LogP contribution in [0.15, 0.2) is 36.7 Å². The van der Waals surface area contributed by atoms with Crippen LogP contribution in [-0.4, -0.2) is 15.8 Å². The maximum absolute atomic E-state index is 13.4. The Labute approximate surface area is 102 Å². The molecule has 0 atom stereocenters. The molecule has 0 unspecified atom stereocenters. The average molecular weight is 251 g/mol. The van der Waals surface area contributed by atoms with Crippen LogP contribution in [0.2, 0.25) is 5.02 Å². The van der Waals surface area contributed by atoms with Gasteiger partial charge in [0, 0.05) is 17.4 Å². The number of aromatic nitrogens is 2. The minimum absolute atomic E-state index is 0.0371. The van der Waals surface area contributed by atoms with E-state index in [-0.39, 0.29) is 12.0 Å². The highest BCUT2D eigenvalue weighted by Gasteiger charge is 2.13. The summed E-state index contributed by atoms with van der Waals surface area (Å²) in [5.74, 6) is -0.622. The van der Waals surface area contributed by atoms with E-state index < -0.39 is 11.6 Å². The van der Waals surface area contributed by atoms with Crippen LogP contribution >= 0.6 is 11.6 Å². The van der Waals surface area contributed by atoms with Crippen LogP contribution in [0.5, 0.6) is 0 Å². The molecule has 0 aliphatic carbocycles. The van der Waals surface area contributed by atoms with Crippen LogP contribution in [0.1, 0.15) is 16.2 Å². The van der Waals surface area contributed by atoms with E-state index >= 15 is 0 Å². The SMILES string of the molecule is O=C(Cc1ncccn1)c1cc(Cl)ccc1F. The highest BCUT2D eigenvalue weighted by atomic mass is 35.5. The van der Waals surface area contributed by atoms with E-state index in [2.05, 4.69) is 9.97 Å². The molecule has 2 rings (SSSR count). The predicted octanol–water partition coefficient (Wildman–Crippen LogP) is 2.69. The van der Waals surface area contributed by atoms with Crippen molar-refractivity contribution in [2.75, 3.05) is 0 Å². The minimum atomic E-state index is -0.588. The number of carbonyl (C=O) groups is 1. The van der Waals surface area contributed by atoms with Gasteiger partial charge in [0.2, 0.25) is 0 Å². The first-order chi connectivity index (χ1) is 8.16. The highest BCUT2D eigenvalue weighted by Crippen LogP contribution is 2.16. The molecule has 0 N–H and O–H groups in total. The number of Topliss-reactive ketones (excluding diaryl/α,β-unsaturated/α-hetero) is 1. The van der Waals surface area contributed by atoms with E-state index in [0.717, 1.165) is 0 Å². The van der Waals surface area contributed by atoms with Crippen molar-refractivity contribution in [1.82, 2.24) is 9.97 Å². The van der Waals surface area contributed by atoms with Crippen molar-refractivity contribution in [3.8, 4) is 0 Å². The van der Waals surface area contributed by atoms with Gasteiger partial charge in [-0.15, -0.1) is 0 Å². The molecule has 0 fully saturated rings. The largest absolute Gasteiger partial charge is 0.294 e. The lowest BCUT2D eigenvalue weighted by Crippen LogP contribution is -2.08. The first kappa shape index (κ1) is 11.7. The molecule has 0 saturated carbocycles. The van der Waals surface area contributed by atoms with Crippen molar-refractivity contribution in [2.45, 2.75) is 6.42 Å². The Hall–Kier alpha value is -1.81. The molecule has 3 nitrogen and oxygen atoms in total. The summed E-state index contributed by atoms with van der Waals surface area (Å²) in [6, 6.07) is 5.52. The fourth-order valence-electron chi connectivity index (χ4n) is 1.37. The molecule has 1 aromatic carbocycles. The summed E-state index contributed by atoms with van der Waals surface area (Å²) in [6.07, 6.45) is 3.02. The van der Waals surface area contributed by atoms with Gasteiger partial charge < -0.3 is 0 Å². The fraction of sp³-hybridized carbons (Fsp3) is 0.0833. The predicted molar refractivity (Wildman–Crippen MR) is 61.5 cm³/mol. The molecule has 0 aliphatic heterocycles. The van der Waals surface area contributed by atoms with Crippen molar-refractivity contribution < 1.29 is 9.18 Å². The second-order valence-electron chi connectivity index (χ2n) is 3.39. The molecule has 17 heavy (non-hydrogen) atoms. The van der Waals surface area contributed by atoms with Gasteiger partial charge in [-0.3, -0.25) is 4.79 Å². The molecule has 1 heterocycles. The normalized spacial score (nSPS) is 10.2.